The number of carbonyl (C=O) groups excluding carboxylic acids is 1. The molecule has 0 bridgehead atoms. The fourth-order valence-electron chi connectivity index (χ4n) is 3.14. The Bertz CT molecular complexity index is 1180. The summed E-state index contributed by atoms with van der Waals surface area (Å²) in [4.78, 5) is 16.9. The van der Waals surface area contributed by atoms with Gasteiger partial charge in [0.1, 0.15) is 11.6 Å². The molecule has 0 saturated carbocycles. The van der Waals surface area contributed by atoms with Gasteiger partial charge in [-0.3, -0.25) is 4.79 Å². The summed E-state index contributed by atoms with van der Waals surface area (Å²) in [7, 11) is 0. The van der Waals surface area contributed by atoms with Crippen molar-refractivity contribution in [3.63, 3.8) is 0 Å². The molecule has 0 unspecified atom stereocenters. The maximum atomic E-state index is 13.8. The molecule has 150 valence electrons. The Morgan fingerprint density at radius 3 is 2.53 bits per heavy atom. The number of halogens is 1. The summed E-state index contributed by atoms with van der Waals surface area (Å²) in [6.07, 6.45) is 0. The van der Waals surface area contributed by atoms with E-state index < -0.39 is 0 Å². The summed E-state index contributed by atoms with van der Waals surface area (Å²) in [5.41, 5.74) is 4.39. The molecular formula is C25H21FN2O2. The van der Waals surface area contributed by atoms with Gasteiger partial charge in [0, 0.05) is 23.6 Å². The quantitative estimate of drug-likeness (QED) is 0.493. The second kappa shape index (κ2) is 8.74. The molecule has 4 rings (SSSR count). The van der Waals surface area contributed by atoms with Crippen molar-refractivity contribution in [2.75, 3.05) is 6.61 Å². The maximum absolute atomic E-state index is 13.8. The fourth-order valence-corrected chi connectivity index (χ4v) is 3.14. The van der Waals surface area contributed by atoms with Crippen molar-refractivity contribution >= 4 is 16.8 Å². The van der Waals surface area contributed by atoms with Crippen molar-refractivity contribution < 1.29 is 13.9 Å². The molecule has 0 fully saturated rings. The molecule has 5 heteroatoms. The molecule has 1 aromatic heterocycles. The lowest BCUT2D eigenvalue weighted by atomic mass is 10.1. The van der Waals surface area contributed by atoms with E-state index in [4.69, 9.17) is 4.74 Å². The normalized spacial score (nSPS) is 10.7. The average molecular weight is 400 g/mol. The van der Waals surface area contributed by atoms with Crippen LogP contribution < -0.4 is 10.1 Å². The van der Waals surface area contributed by atoms with Gasteiger partial charge in [-0.15, -0.1) is 0 Å². The largest absolute Gasteiger partial charge is 0.483 e. The van der Waals surface area contributed by atoms with Crippen molar-refractivity contribution in [1.82, 2.24) is 10.3 Å². The smallest absolute Gasteiger partial charge is 0.258 e. The monoisotopic (exact) mass is 400 g/mol. The third kappa shape index (κ3) is 4.63. The van der Waals surface area contributed by atoms with Gasteiger partial charge in [0.2, 0.25) is 0 Å². The third-order valence-corrected chi connectivity index (χ3v) is 4.77. The number of ether oxygens (including phenoxy) is 1. The number of nitrogens with one attached hydrogen (secondary N) is 1. The lowest BCUT2D eigenvalue weighted by molar-refractivity contribution is -0.123. The Balaban J connectivity index is 1.52. The van der Waals surface area contributed by atoms with Crippen LogP contribution in [-0.2, 0) is 11.3 Å². The van der Waals surface area contributed by atoms with Crippen molar-refractivity contribution in [2.45, 2.75) is 13.5 Å². The zero-order valence-electron chi connectivity index (χ0n) is 16.6. The number of hydrogen-bond acceptors (Lipinski definition) is 3. The van der Waals surface area contributed by atoms with Crippen LogP contribution in [0, 0.1) is 12.7 Å². The number of rotatable bonds is 6. The molecule has 4 aromatic rings. The average Bonchev–Trinajstić information content (AvgIpc) is 2.77. The molecular weight excluding hydrogens is 379 g/mol. The van der Waals surface area contributed by atoms with E-state index in [-0.39, 0.29) is 18.3 Å². The van der Waals surface area contributed by atoms with E-state index in [1.54, 1.807) is 12.1 Å². The Labute approximate surface area is 174 Å². The highest BCUT2D eigenvalue weighted by Gasteiger charge is 2.11. The number of benzene rings is 3. The van der Waals surface area contributed by atoms with Crippen LogP contribution in [0.3, 0.4) is 0 Å². The molecule has 0 saturated heterocycles. The number of carbonyl (C=O) groups is 1. The summed E-state index contributed by atoms with van der Waals surface area (Å²) < 4.78 is 19.6. The van der Waals surface area contributed by atoms with Crippen LogP contribution in [0.2, 0.25) is 0 Å². The van der Waals surface area contributed by atoms with E-state index in [0.717, 1.165) is 11.1 Å². The van der Waals surface area contributed by atoms with Gasteiger partial charge in [0.05, 0.1) is 11.2 Å². The van der Waals surface area contributed by atoms with E-state index in [1.165, 1.54) is 17.7 Å². The van der Waals surface area contributed by atoms with Crippen molar-refractivity contribution in [1.29, 1.82) is 0 Å². The second-order valence-electron chi connectivity index (χ2n) is 7.08. The lowest BCUT2D eigenvalue weighted by Crippen LogP contribution is -2.28. The minimum Gasteiger partial charge on any atom is -0.483 e. The zero-order chi connectivity index (χ0) is 20.9. The van der Waals surface area contributed by atoms with E-state index in [1.807, 2.05) is 61.5 Å². The van der Waals surface area contributed by atoms with Crippen LogP contribution in [0.4, 0.5) is 4.39 Å². The predicted octanol–water partition coefficient (Wildman–Crippen LogP) is 5.04. The molecule has 0 aliphatic heterocycles. The van der Waals surface area contributed by atoms with E-state index >= 15 is 0 Å². The SMILES string of the molecule is Cc1ccc(CNC(=O)COc2cc(-c3ccccc3)nc3ccc(F)cc23)cc1. The van der Waals surface area contributed by atoms with Gasteiger partial charge in [-0.25, -0.2) is 9.37 Å². The predicted molar refractivity (Wildman–Crippen MR) is 116 cm³/mol. The van der Waals surface area contributed by atoms with Gasteiger partial charge in [-0.1, -0.05) is 60.2 Å². The number of pyridine rings is 1. The summed E-state index contributed by atoms with van der Waals surface area (Å²) in [5, 5.41) is 3.37. The highest BCUT2D eigenvalue weighted by atomic mass is 19.1. The van der Waals surface area contributed by atoms with Gasteiger partial charge in [0.25, 0.3) is 5.91 Å². The number of aromatic nitrogens is 1. The Morgan fingerprint density at radius 1 is 1.00 bits per heavy atom. The van der Waals surface area contributed by atoms with Gasteiger partial charge in [-0.2, -0.15) is 0 Å². The van der Waals surface area contributed by atoms with Crippen LogP contribution in [0.25, 0.3) is 22.2 Å². The van der Waals surface area contributed by atoms with Gasteiger partial charge >= 0.3 is 0 Å². The Kier molecular flexibility index (Phi) is 5.70. The number of hydrogen-bond donors (Lipinski definition) is 1. The number of amides is 1. The molecule has 3 aromatic carbocycles. The van der Waals surface area contributed by atoms with Crippen molar-refractivity contribution in [2.24, 2.45) is 0 Å². The highest BCUT2D eigenvalue weighted by molar-refractivity contribution is 5.88. The second-order valence-corrected chi connectivity index (χ2v) is 7.08. The van der Waals surface area contributed by atoms with Gasteiger partial charge in [0.15, 0.2) is 6.61 Å². The Hall–Kier alpha value is -3.73. The molecule has 4 nitrogen and oxygen atoms in total. The van der Waals surface area contributed by atoms with Crippen LogP contribution in [-0.4, -0.2) is 17.5 Å². The molecule has 0 aliphatic carbocycles. The fraction of sp³-hybridized carbons (Fsp3) is 0.120. The molecule has 0 radical (unpaired) electrons. The topological polar surface area (TPSA) is 51.2 Å². The molecule has 1 amide bonds. The van der Waals surface area contributed by atoms with E-state index in [2.05, 4.69) is 10.3 Å². The molecule has 30 heavy (non-hydrogen) atoms. The zero-order valence-corrected chi connectivity index (χ0v) is 16.6. The third-order valence-electron chi connectivity index (χ3n) is 4.77. The van der Waals surface area contributed by atoms with Crippen LogP contribution >= 0.6 is 0 Å². The maximum Gasteiger partial charge on any atom is 0.258 e. The number of aryl methyl sites for hydroxylation is 1. The summed E-state index contributed by atoms with van der Waals surface area (Å²) in [6.45, 7) is 2.26. The van der Waals surface area contributed by atoms with Gasteiger partial charge in [-0.05, 0) is 30.7 Å². The van der Waals surface area contributed by atoms with Crippen LogP contribution in [0.1, 0.15) is 11.1 Å². The minimum absolute atomic E-state index is 0.171. The molecule has 0 atom stereocenters. The van der Waals surface area contributed by atoms with Gasteiger partial charge < -0.3 is 10.1 Å². The number of nitrogens with zero attached hydrogens (tertiary/aromatic N) is 1. The molecule has 0 spiro atoms. The molecule has 1 heterocycles. The minimum atomic E-state index is -0.384. The summed E-state index contributed by atoms with van der Waals surface area (Å²) in [6, 6.07) is 23.7. The number of fused-ring (bicyclic) bond motifs is 1. The first kappa shape index (κ1) is 19.6. The molecule has 1 N–H and O–H groups in total. The first-order valence-electron chi connectivity index (χ1n) is 9.69. The molecule has 0 aliphatic rings. The van der Waals surface area contributed by atoms with Crippen molar-refractivity contribution in [3.05, 3.63) is 95.8 Å². The summed E-state index contributed by atoms with van der Waals surface area (Å²) >= 11 is 0. The lowest BCUT2D eigenvalue weighted by Gasteiger charge is -2.12. The standard InChI is InChI=1S/C25H21FN2O2/c1-17-7-9-18(10-8-17)15-27-25(29)16-30-24-14-23(19-5-3-2-4-6-19)28-22-12-11-20(26)13-21(22)24/h2-14H,15-16H2,1H3,(H,27,29). The first-order chi connectivity index (χ1) is 14.6. The van der Waals surface area contributed by atoms with Crippen LogP contribution in [0.15, 0.2) is 78.9 Å². The van der Waals surface area contributed by atoms with Crippen LogP contribution in [0.5, 0.6) is 5.75 Å². The van der Waals surface area contributed by atoms with Crippen molar-refractivity contribution in [3.8, 4) is 17.0 Å². The van der Waals surface area contributed by atoms with E-state index in [0.29, 0.717) is 28.9 Å². The Morgan fingerprint density at radius 2 is 1.77 bits per heavy atom. The summed E-state index contributed by atoms with van der Waals surface area (Å²) in [5.74, 6) is -0.215. The first-order valence-corrected chi connectivity index (χ1v) is 9.69. The van der Waals surface area contributed by atoms with E-state index in [9.17, 15) is 9.18 Å². The highest BCUT2D eigenvalue weighted by Crippen LogP contribution is 2.30.